The standard InChI is InChI=1S/C17H21Cl2N3O2S/c18-14-2-1-12(9-15(14)19)17(24)20-10-16(23)22-4-3-13(11-22)21-5-7-25-8-6-21/h1-2,9,13H,3-8,10-11H2,(H,20,24). The summed E-state index contributed by atoms with van der Waals surface area (Å²) < 4.78 is 0. The summed E-state index contributed by atoms with van der Waals surface area (Å²) in [5.41, 5.74) is 0.396. The number of likely N-dealkylation sites (tertiary alicyclic amines) is 1. The normalized spacial score (nSPS) is 21.4. The van der Waals surface area contributed by atoms with Crippen molar-refractivity contribution in [1.29, 1.82) is 0 Å². The minimum absolute atomic E-state index is 0.00164. The van der Waals surface area contributed by atoms with Crippen LogP contribution in [-0.2, 0) is 4.79 Å². The second-order valence-electron chi connectivity index (χ2n) is 6.24. The van der Waals surface area contributed by atoms with Crippen molar-refractivity contribution in [1.82, 2.24) is 15.1 Å². The van der Waals surface area contributed by atoms with Crippen molar-refractivity contribution < 1.29 is 9.59 Å². The number of carbonyl (C=O) groups is 2. The van der Waals surface area contributed by atoms with E-state index in [2.05, 4.69) is 10.2 Å². The van der Waals surface area contributed by atoms with E-state index in [1.807, 2.05) is 16.7 Å². The Morgan fingerprint density at radius 1 is 1.16 bits per heavy atom. The molecule has 0 aliphatic carbocycles. The third-order valence-corrected chi connectivity index (χ3v) is 6.34. The van der Waals surface area contributed by atoms with Crippen molar-refractivity contribution in [2.45, 2.75) is 12.5 Å². The van der Waals surface area contributed by atoms with Gasteiger partial charge in [0.05, 0.1) is 16.6 Å². The summed E-state index contributed by atoms with van der Waals surface area (Å²) in [7, 11) is 0. The molecule has 1 N–H and O–H groups in total. The lowest BCUT2D eigenvalue weighted by Gasteiger charge is -2.31. The summed E-state index contributed by atoms with van der Waals surface area (Å²) in [5.74, 6) is 1.98. The molecule has 0 spiro atoms. The van der Waals surface area contributed by atoms with Crippen LogP contribution in [0.2, 0.25) is 10.0 Å². The molecule has 0 aromatic heterocycles. The van der Waals surface area contributed by atoms with Gasteiger partial charge in [-0.3, -0.25) is 14.5 Å². The van der Waals surface area contributed by atoms with Gasteiger partial charge in [-0.1, -0.05) is 23.2 Å². The van der Waals surface area contributed by atoms with Crippen molar-refractivity contribution in [3.8, 4) is 0 Å². The van der Waals surface area contributed by atoms with Crippen LogP contribution in [0.25, 0.3) is 0 Å². The van der Waals surface area contributed by atoms with Gasteiger partial charge in [-0.25, -0.2) is 0 Å². The molecule has 0 saturated carbocycles. The molecule has 0 radical (unpaired) electrons. The summed E-state index contributed by atoms with van der Waals surface area (Å²) >= 11 is 13.8. The largest absolute Gasteiger partial charge is 0.343 e. The van der Waals surface area contributed by atoms with E-state index in [0.29, 0.717) is 21.7 Å². The average molecular weight is 402 g/mol. The zero-order valence-corrected chi connectivity index (χ0v) is 16.2. The number of hydrogen-bond acceptors (Lipinski definition) is 4. The molecule has 1 atom stereocenters. The average Bonchev–Trinajstić information content (AvgIpc) is 3.12. The molecule has 136 valence electrons. The molecule has 2 amide bonds. The number of hydrogen-bond donors (Lipinski definition) is 1. The smallest absolute Gasteiger partial charge is 0.251 e. The molecule has 1 aromatic carbocycles. The Morgan fingerprint density at radius 2 is 1.92 bits per heavy atom. The highest BCUT2D eigenvalue weighted by atomic mass is 35.5. The van der Waals surface area contributed by atoms with E-state index in [-0.39, 0.29) is 18.4 Å². The maximum absolute atomic E-state index is 12.4. The van der Waals surface area contributed by atoms with Crippen LogP contribution in [0.3, 0.4) is 0 Å². The van der Waals surface area contributed by atoms with Gasteiger partial charge in [-0.05, 0) is 24.6 Å². The highest BCUT2D eigenvalue weighted by Gasteiger charge is 2.30. The van der Waals surface area contributed by atoms with Gasteiger partial charge >= 0.3 is 0 Å². The SMILES string of the molecule is O=C(NCC(=O)N1CCC(N2CCSCC2)C1)c1ccc(Cl)c(Cl)c1. The predicted octanol–water partition coefficient (Wildman–Crippen LogP) is 2.37. The van der Waals surface area contributed by atoms with Crippen LogP contribution in [0.1, 0.15) is 16.8 Å². The number of benzene rings is 1. The van der Waals surface area contributed by atoms with Gasteiger partial charge in [0, 0.05) is 49.3 Å². The first kappa shape index (κ1) is 18.8. The van der Waals surface area contributed by atoms with E-state index in [9.17, 15) is 9.59 Å². The maximum atomic E-state index is 12.4. The fraction of sp³-hybridized carbons (Fsp3) is 0.529. The van der Waals surface area contributed by atoms with Gasteiger partial charge in [0.25, 0.3) is 5.91 Å². The lowest BCUT2D eigenvalue weighted by Crippen LogP contribution is -2.44. The first-order valence-corrected chi connectivity index (χ1v) is 10.3. The number of carbonyl (C=O) groups excluding carboxylic acids is 2. The number of halogens is 2. The number of rotatable bonds is 4. The van der Waals surface area contributed by atoms with E-state index in [1.54, 1.807) is 12.1 Å². The first-order chi connectivity index (χ1) is 12.0. The molecular formula is C17H21Cl2N3O2S. The van der Waals surface area contributed by atoms with E-state index in [0.717, 1.165) is 32.6 Å². The molecular weight excluding hydrogens is 381 g/mol. The number of nitrogens with zero attached hydrogens (tertiary/aromatic N) is 2. The van der Waals surface area contributed by atoms with Gasteiger partial charge < -0.3 is 10.2 Å². The Kier molecular flexibility index (Phi) is 6.49. The highest BCUT2D eigenvalue weighted by Crippen LogP contribution is 2.22. The van der Waals surface area contributed by atoms with Crippen LogP contribution in [0, 0.1) is 0 Å². The zero-order valence-electron chi connectivity index (χ0n) is 13.8. The Morgan fingerprint density at radius 3 is 2.64 bits per heavy atom. The third-order valence-electron chi connectivity index (χ3n) is 4.66. The summed E-state index contributed by atoms with van der Waals surface area (Å²) in [4.78, 5) is 28.8. The quantitative estimate of drug-likeness (QED) is 0.841. The Bertz CT molecular complexity index is 653. The highest BCUT2D eigenvalue weighted by molar-refractivity contribution is 7.99. The van der Waals surface area contributed by atoms with E-state index in [1.165, 1.54) is 17.6 Å². The van der Waals surface area contributed by atoms with Crippen LogP contribution >= 0.6 is 35.0 Å². The summed E-state index contributed by atoms with van der Waals surface area (Å²) in [6, 6.07) is 5.12. The molecule has 3 rings (SSSR count). The molecule has 25 heavy (non-hydrogen) atoms. The van der Waals surface area contributed by atoms with E-state index < -0.39 is 0 Å². The summed E-state index contributed by atoms with van der Waals surface area (Å²) in [6.07, 6.45) is 1.01. The second kappa shape index (κ2) is 8.62. The monoisotopic (exact) mass is 401 g/mol. The van der Waals surface area contributed by atoms with Crippen molar-refractivity contribution in [2.75, 3.05) is 44.2 Å². The Labute approximate surface area is 162 Å². The van der Waals surface area contributed by atoms with Gasteiger partial charge in [-0.2, -0.15) is 11.8 Å². The molecule has 2 fully saturated rings. The van der Waals surface area contributed by atoms with Gasteiger partial charge in [0.15, 0.2) is 0 Å². The third kappa shape index (κ3) is 4.82. The second-order valence-corrected chi connectivity index (χ2v) is 8.28. The van der Waals surface area contributed by atoms with Crippen molar-refractivity contribution in [2.24, 2.45) is 0 Å². The minimum atomic E-state index is -0.323. The lowest BCUT2D eigenvalue weighted by atomic mass is 10.2. The Hall–Kier alpha value is -0.950. The summed E-state index contributed by atoms with van der Waals surface area (Å²) in [6.45, 7) is 3.72. The van der Waals surface area contributed by atoms with E-state index in [4.69, 9.17) is 23.2 Å². The number of thioether (sulfide) groups is 1. The molecule has 2 heterocycles. The van der Waals surface area contributed by atoms with Crippen molar-refractivity contribution >= 4 is 46.8 Å². The number of nitrogens with one attached hydrogen (secondary N) is 1. The summed E-state index contributed by atoms with van der Waals surface area (Å²) in [5, 5.41) is 3.39. The van der Waals surface area contributed by atoms with Gasteiger partial charge in [-0.15, -0.1) is 0 Å². The molecule has 1 unspecified atom stereocenters. The molecule has 0 bridgehead atoms. The Balaban J connectivity index is 1.47. The molecule has 2 aliphatic rings. The fourth-order valence-electron chi connectivity index (χ4n) is 3.22. The fourth-order valence-corrected chi connectivity index (χ4v) is 4.45. The van der Waals surface area contributed by atoms with E-state index >= 15 is 0 Å². The molecule has 2 saturated heterocycles. The number of amides is 2. The van der Waals surface area contributed by atoms with Crippen molar-refractivity contribution in [3.05, 3.63) is 33.8 Å². The van der Waals surface area contributed by atoms with Crippen LogP contribution in [-0.4, -0.2) is 71.9 Å². The molecule has 5 nitrogen and oxygen atoms in total. The van der Waals surface area contributed by atoms with Gasteiger partial charge in [0.2, 0.25) is 5.91 Å². The van der Waals surface area contributed by atoms with Crippen LogP contribution in [0.5, 0.6) is 0 Å². The van der Waals surface area contributed by atoms with Gasteiger partial charge in [0.1, 0.15) is 0 Å². The lowest BCUT2D eigenvalue weighted by molar-refractivity contribution is -0.129. The van der Waals surface area contributed by atoms with Crippen LogP contribution in [0.4, 0.5) is 0 Å². The maximum Gasteiger partial charge on any atom is 0.251 e. The minimum Gasteiger partial charge on any atom is -0.343 e. The van der Waals surface area contributed by atoms with Crippen LogP contribution < -0.4 is 5.32 Å². The molecule has 8 heteroatoms. The van der Waals surface area contributed by atoms with Crippen molar-refractivity contribution in [3.63, 3.8) is 0 Å². The topological polar surface area (TPSA) is 52.7 Å². The zero-order chi connectivity index (χ0) is 17.8. The predicted molar refractivity (Wildman–Crippen MR) is 103 cm³/mol. The molecule has 2 aliphatic heterocycles. The first-order valence-electron chi connectivity index (χ1n) is 8.37. The van der Waals surface area contributed by atoms with Crippen LogP contribution in [0.15, 0.2) is 18.2 Å². The molecule has 1 aromatic rings.